The minimum atomic E-state index is -0.330. The molecule has 6 heteroatoms. The van der Waals surface area contributed by atoms with E-state index >= 15 is 0 Å². The van der Waals surface area contributed by atoms with E-state index in [1.165, 1.54) is 12.1 Å². The number of amides is 1. The number of nitrogens with one attached hydrogen (secondary N) is 1. The molecular weight excluding hydrogens is 401 g/mol. The molecule has 1 aliphatic heterocycles. The van der Waals surface area contributed by atoms with Gasteiger partial charge in [-0.25, -0.2) is 9.07 Å². The summed E-state index contributed by atoms with van der Waals surface area (Å²) in [5, 5.41) is 8.47. The van der Waals surface area contributed by atoms with Gasteiger partial charge in [0.05, 0.1) is 11.4 Å². The van der Waals surface area contributed by atoms with E-state index in [1.54, 1.807) is 10.7 Å². The summed E-state index contributed by atoms with van der Waals surface area (Å²) in [6.07, 6.45) is 0.220. The first-order valence-electron chi connectivity index (χ1n) is 9.60. The van der Waals surface area contributed by atoms with Crippen LogP contribution >= 0.6 is 11.6 Å². The zero-order chi connectivity index (χ0) is 20.7. The van der Waals surface area contributed by atoms with Gasteiger partial charge in [-0.1, -0.05) is 54.1 Å². The van der Waals surface area contributed by atoms with Gasteiger partial charge in [0, 0.05) is 28.5 Å². The SMILES string of the molecule is O=C1C[C@@H](c2cccc(F)c2)c2c(-c3ccc(Cl)cc3)nn(-c3ccccc3)c2N1. The molecule has 1 aliphatic rings. The molecular formula is C24H17ClFN3O. The van der Waals surface area contributed by atoms with Crippen LogP contribution in [0.4, 0.5) is 10.2 Å². The summed E-state index contributed by atoms with van der Waals surface area (Å²) >= 11 is 6.08. The summed E-state index contributed by atoms with van der Waals surface area (Å²) in [7, 11) is 0. The number of benzene rings is 3. The fourth-order valence-corrected chi connectivity index (χ4v) is 4.06. The molecule has 1 N–H and O–H groups in total. The van der Waals surface area contributed by atoms with Crippen LogP contribution in [0.15, 0.2) is 78.9 Å². The molecule has 0 saturated heterocycles. The van der Waals surface area contributed by atoms with Crippen molar-refractivity contribution >= 4 is 23.3 Å². The topological polar surface area (TPSA) is 46.9 Å². The average Bonchev–Trinajstić information content (AvgIpc) is 3.13. The van der Waals surface area contributed by atoms with Gasteiger partial charge in [0.1, 0.15) is 11.6 Å². The van der Waals surface area contributed by atoms with Crippen LogP contribution in [0.1, 0.15) is 23.5 Å². The highest BCUT2D eigenvalue weighted by Gasteiger charge is 2.34. The quantitative estimate of drug-likeness (QED) is 0.457. The van der Waals surface area contributed by atoms with E-state index in [9.17, 15) is 9.18 Å². The van der Waals surface area contributed by atoms with Gasteiger partial charge in [-0.2, -0.15) is 5.10 Å². The van der Waals surface area contributed by atoms with Crippen LogP contribution in [0, 0.1) is 5.82 Å². The van der Waals surface area contributed by atoms with Crippen LogP contribution in [0.3, 0.4) is 0 Å². The Hall–Kier alpha value is -3.44. The molecule has 3 aromatic carbocycles. The lowest BCUT2D eigenvalue weighted by Gasteiger charge is -2.25. The normalized spacial score (nSPS) is 15.5. The number of fused-ring (bicyclic) bond motifs is 1. The van der Waals surface area contributed by atoms with Crippen LogP contribution < -0.4 is 5.32 Å². The minimum Gasteiger partial charge on any atom is -0.310 e. The fraction of sp³-hybridized carbons (Fsp3) is 0.0833. The van der Waals surface area contributed by atoms with Gasteiger partial charge in [0.2, 0.25) is 5.91 Å². The summed E-state index contributed by atoms with van der Waals surface area (Å²) < 4.78 is 15.7. The zero-order valence-corrected chi connectivity index (χ0v) is 16.6. The molecule has 4 aromatic rings. The van der Waals surface area contributed by atoms with Crippen molar-refractivity contribution in [2.45, 2.75) is 12.3 Å². The molecule has 4 nitrogen and oxygen atoms in total. The molecule has 148 valence electrons. The molecule has 2 heterocycles. The molecule has 5 rings (SSSR count). The van der Waals surface area contributed by atoms with E-state index in [0.717, 1.165) is 28.1 Å². The maximum atomic E-state index is 14.0. The van der Waals surface area contributed by atoms with Gasteiger partial charge >= 0.3 is 0 Å². The Labute approximate surface area is 177 Å². The summed E-state index contributed by atoms with van der Waals surface area (Å²) in [6, 6.07) is 23.4. The second-order valence-electron chi connectivity index (χ2n) is 7.23. The number of rotatable bonds is 3. The highest BCUT2D eigenvalue weighted by Crippen LogP contribution is 2.44. The van der Waals surface area contributed by atoms with E-state index in [-0.39, 0.29) is 24.1 Å². The maximum absolute atomic E-state index is 14.0. The first-order chi connectivity index (χ1) is 14.6. The molecule has 1 amide bonds. The van der Waals surface area contributed by atoms with Crippen LogP contribution in [-0.4, -0.2) is 15.7 Å². The van der Waals surface area contributed by atoms with Crippen molar-refractivity contribution in [2.24, 2.45) is 0 Å². The second kappa shape index (κ2) is 7.43. The van der Waals surface area contributed by atoms with Crippen LogP contribution in [0.5, 0.6) is 0 Å². The van der Waals surface area contributed by atoms with E-state index in [4.69, 9.17) is 16.7 Å². The molecule has 0 unspecified atom stereocenters. The van der Waals surface area contributed by atoms with E-state index in [1.807, 2.05) is 60.7 Å². The van der Waals surface area contributed by atoms with Crippen molar-refractivity contribution in [3.8, 4) is 16.9 Å². The number of hydrogen-bond donors (Lipinski definition) is 1. The first-order valence-corrected chi connectivity index (χ1v) is 9.97. The fourth-order valence-electron chi connectivity index (χ4n) is 3.94. The number of anilines is 1. The summed E-state index contributed by atoms with van der Waals surface area (Å²) in [6.45, 7) is 0. The standard InChI is InChI=1S/C24H17ClFN3O/c25-17-11-9-15(10-12-17)23-22-20(16-5-4-6-18(26)13-16)14-21(30)27-24(22)29(28-23)19-7-2-1-3-8-19/h1-13,20H,14H2,(H,27,30)/t20-/m0/s1. The largest absolute Gasteiger partial charge is 0.310 e. The third-order valence-electron chi connectivity index (χ3n) is 5.29. The van der Waals surface area contributed by atoms with Crippen LogP contribution in [-0.2, 0) is 4.79 Å². The van der Waals surface area contributed by atoms with E-state index in [0.29, 0.717) is 10.8 Å². The number of carbonyl (C=O) groups excluding carboxylic acids is 1. The Morgan fingerprint density at radius 2 is 1.77 bits per heavy atom. The lowest BCUT2D eigenvalue weighted by molar-refractivity contribution is -0.116. The third-order valence-corrected chi connectivity index (χ3v) is 5.54. The van der Waals surface area contributed by atoms with E-state index in [2.05, 4.69) is 5.32 Å². The molecule has 0 aliphatic carbocycles. The molecule has 0 fully saturated rings. The third kappa shape index (κ3) is 3.27. The predicted octanol–water partition coefficient (Wildman–Crippen LogP) is 5.81. The monoisotopic (exact) mass is 417 g/mol. The molecule has 0 bridgehead atoms. The van der Waals surface area contributed by atoms with E-state index < -0.39 is 0 Å². The van der Waals surface area contributed by atoms with Crippen molar-refractivity contribution in [1.29, 1.82) is 0 Å². The minimum absolute atomic E-state index is 0.128. The van der Waals surface area contributed by atoms with Crippen LogP contribution in [0.2, 0.25) is 5.02 Å². The highest BCUT2D eigenvalue weighted by molar-refractivity contribution is 6.30. The lowest BCUT2D eigenvalue weighted by Crippen LogP contribution is -2.25. The molecule has 30 heavy (non-hydrogen) atoms. The summed E-state index contributed by atoms with van der Waals surface area (Å²) in [5.74, 6) is -0.163. The van der Waals surface area contributed by atoms with Crippen molar-refractivity contribution in [3.63, 3.8) is 0 Å². The first kappa shape index (κ1) is 18.6. The van der Waals surface area contributed by atoms with Crippen molar-refractivity contribution in [2.75, 3.05) is 5.32 Å². The lowest BCUT2D eigenvalue weighted by atomic mass is 9.84. The molecule has 0 saturated carbocycles. The maximum Gasteiger partial charge on any atom is 0.226 e. The Morgan fingerprint density at radius 1 is 1.00 bits per heavy atom. The van der Waals surface area contributed by atoms with Gasteiger partial charge in [-0.05, 0) is 42.0 Å². The number of para-hydroxylation sites is 1. The smallest absolute Gasteiger partial charge is 0.226 e. The van der Waals surface area contributed by atoms with Crippen LogP contribution in [0.25, 0.3) is 16.9 Å². The summed E-state index contributed by atoms with van der Waals surface area (Å²) in [5.41, 5.74) is 4.05. The molecule has 1 atom stereocenters. The number of carbonyl (C=O) groups is 1. The van der Waals surface area contributed by atoms with Gasteiger partial charge in [0.15, 0.2) is 0 Å². The number of hydrogen-bond acceptors (Lipinski definition) is 2. The Kier molecular flexibility index (Phi) is 4.60. The predicted molar refractivity (Wildman–Crippen MR) is 115 cm³/mol. The zero-order valence-electron chi connectivity index (χ0n) is 15.8. The second-order valence-corrected chi connectivity index (χ2v) is 7.66. The highest BCUT2D eigenvalue weighted by atomic mass is 35.5. The van der Waals surface area contributed by atoms with Crippen molar-refractivity contribution in [1.82, 2.24) is 9.78 Å². The Bertz CT molecular complexity index is 1240. The molecule has 0 spiro atoms. The van der Waals surface area contributed by atoms with Gasteiger partial charge in [0.25, 0.3) is 0 Å². The van der Waals surface area contributed by atoms with Crippen molar-refractivity contribution in [3.05, 3.63) is 101 Å². The number of aromatic nitrogens is 2. The Balaban J connectivity index is 1.77. The number of nitrogens with zero attached hydrogens (tertiary/aromatic N) is 2. The van der Waals surface area contributed by atoms with Gasteiger partial charge in [-0.3, -0.25) is 4.79 Å². The van der Waals surface area contributed by atoms with Gasteiger partial charge < -0.3 is 5.32 Å². The molecule has 1 aromatic heterocycles. The van der Waals surface area contributed by atoms with Crippen molar-refractivity contribution < 1.29 is 9.18 Å². The average molecular weight is 418 g/mol. The molecule has 0 radical (unpaired) electrons. The Morgan fingerprint density at radius 3 is 2.50 bits per heavy atom. The number of halogens is 2. The van der Waals surface area contributed by atoms with Gasteiger partial charge in [-0.15, -0.1) is 0 Å². The summed E-state index contributed by atoms with van der Waals surface area (Å²) in [4.78, 5) is 12.6.